The summed E-state index contributed by atoms with van der Waals surface area (Å²) in [6, 6.07) is 0. The molecule has 6 N–H and O–H groups in total. The van der Waals surface area contributed by atoms with E-state index in [1.807, 2.05) is 13.8 Å². The van der Waals surface area contributed by atoms with Crippen LogP contribution in [0.1, 0.15) is 47.0 Å². The average Bonchev–Trinajstić information content (AvgIpc) is 2.58. The molecule has 0 aliphatic heterocycles. The Hall–Kier alpha value is -0.480. The first-order valence-corrected chi connectivity index (χ1v) is 12.0. The van der Waals surface area contributed by atoms with Crippen molar-refractivity contribution in [1.82, 2.24) is 21.3 Å². The van der Waals surface area contributed by atoms with Crippen molar-refractivity contribution < 1.29 is 27.6 Å². The first-order valence-electron chi connectivity index (χ1n) is 8.97. The van der Waals surface area contributed by atoms with Crippen molar-refractivity contribution in [3.8, 4) is 0 Å². The second-order valence-corrected chi connectivity index (χ2v) is 11.7. The quantitative estimate of drug-likeness (QED) is 0.0522. The molecular weight excluding hydrogens is 460 g/mol. The Morgan fingerprint density at radius 2 is 1.38 bits per heavy atom. The molecular formula is C15H32N4O6S4. The van der Waals surface area contributed by atoms with Crippen molar-refractivity contribution in [3.63, 3.8) is 0 Å². The molecule has 14 heteroatoms. The van der Waals surface area contributed by atoms with Gasteiger partial charge in [0.1, 0.15) is 0 Å². The van der Waals surface area contributed by atoms with Crippen LogP contribution < -0.4 is 21.3 Å². The standard InChI is InChI=1S/C15H32N4O6S4/c1-14(2,28-25-24-20)6-10-18-12(26)16-8-5-9-17-13(27)19-11-7-15(3,4)29(21,22)23/h20H,5-11H2,1-4H3,(H2,16,18,26)(H2,17,19,27)(H,21,22,23). The Morgan fingerprint density at radius 3 is 1.83 bits per heavy atom. The van der Waals surface area contributed by atoms with Crippen molar-refractivity contribution in [2.24, 2.45) is 0 Å². The molecule has 0 saturated carbocycles. The van der Waals surface area contributed by atoms with Crippen LogP contribution in [0, 0.1) is 0 Å². The highest BCUT2D eigenvalue weighted by molar-refractivity contribution is 7.95. The zero-order chi connectivity index (χ0) is 22.6. The fourth-order valence-corrected chi connectivity index (χ4v) is 3.02. The van der Waals surface area contributed by atoms with Crippen LogP contribution in [0.2, 0.25) is 0 Å². The number of nitrogens with one attached hydrogen (secondary N) is 4. The van der Waals surface area contributed by atoms with Gasteiger partial charge in [0, 0.05) is 43.0 Å². The molecule has 0 amide bonds. The predicted octanol–water partition coefficient (Wildman–Crippen LogP) is 1.60. The normalized spacial score (nSPS) is 12.3. The summed E-state index contributed by atoms with van der Waals surface area (Å²) in [5.74, 6) is 0. The van der Waals surface area contributed by atoms with Crippen LogP contribution in [-0.2, 0) is 19.5 Å². The van der Waals surface area contributed by atoms with Crippen LogP contribution in [-0.4, -0.2) is 64.1 Å². The molecule has 29 heavy (non-hydrogen) atoms. The number of hydrogen-bond donors (Lipinski definition) is 6. The van der Waals surface area contributed by atoms with Gasteiger partial charge in [-0.15, -0.1) is 4.33 Å². The van der Waals surface area contributed by atoms with E-state index in [1.54, 1.807) is 0 Å². The lowest BCUT2D eigenvalue weighted by Gasteiger charge is -2.21. The van der Waals surface area contributed by atoms with Crippen molar-refractivity contribution in [2.75, 3.05) is 26.2 Å². The van der Waals surface area contributed by atoms with Gasteiger partial charge in [-0.05, 0) is 71.4 Å². The SMILES string of the molecule is CC(C)(CCNC(=S)NCCCNC(=S)NCCC(C)(C)S(=O)(=O)O)SOOO. The predicted molar refractivity (Wildman–Crippen MR) is 123 cm³/mol. The van der Waals surface area contributed by atoms with Gasteiger partial charge in [0.15, 0.2) is 10.2 Å². The molecule has 0 aromatic heterocycles. The molecule has 10 nitrogen and oxygen atoms in total. The molecule has 0 saturated heterocycles. The molecule has 0 aromatic carbocycles. The van der Waals surface area contributed by atoms with Crippen LogP contribution >= 0.6 is 36.5 Å². The van der Waals surface area contributed by atoms with Crippen molar-refractivity contribution >= 4 is 56.8 Å². The van der Waals surface area contributed by atoms with Crippen LogP contribution in [0.3, 0.4) is 0 Å². The maximum atomic E-state index is 11.2. The maximum Gasteiger partial charge on any atom is 0.270 e. The monoisotopic (exact) mass is 492 g/mol. The third-order valence-corrected chi connectivity index (χ3v) is 6.90. The van der Waals surface area contributed by atoms with Gasteiger partial charge >= 0.3 is 0 Å². The Kier molecular flexibility index (Phi) is 13.5. The van der Waals surface area contributed by atoms with Gasteiger partial charge < -0.3 is 21.3 Å². The highest BCUT2D eigenvalue weighted by Crippen LogP contribution is 2.28. The first-order chi connectivity index (χ1) is 13.3. The molecule has 0 rings (SSSR count). The van der Waals surface area contributed by atoms with Crippen LogP contribution in [0.4, 0.5) is 0 Å². The summed E-state index contributed by atoms with van der Waals surface area (Å²) in [6.07, 6.45) is 1.73. The third kappa shape index (κ3) is 14.2. The van der Waals surface area contributed by atoms with E-state index in [9.17, 15) is 8.42 Å². The molecule has 0 aliphatic rings. The Labute approximate surface area is 188 Å². The maximum absolute atomic E-state index is 11.2. The largest absolute Gasteiger partial charge is 0.363 e. The smallest absolute Gasteiger partial charge is 0.270 e. The fraction of sp³-hybridized carbons (Fsp3) is 0.867. The fourth-order valence-electron chi connectivity index (χ4n) is 1.85. The van der Waals surface area contributed by atoms with E-state index in [0.717, 1.165) is 24.9 Å². The van der Waals surface area contributed by atoms with Gasteiger partial charge in [0.2, 0.25) is 0 Å². The summed E-state index contributed by atoms with van der Waals surface area (Å²) in [7, 11) is -4.11. The number of rotatable bonds is 14. The molecule has 0 fully saturated rings. The van der Waals surface area contributed by atoms with E-state index >= 15 is 0 Å². The minimum absolute atomic E-state index is 0.226. The lowest BCUT2D eigenvalue weighted by atomic mass is 10.1. The zero-order valence-corrected chi connectivity index (χ0v) is 20.4. The van der Waals surface area contributed by atoms with Crippen molar-refractivity contribution in [1.29, 1.82) is 0 Å². The topological polar surface area (TPSA) is 141 Å². The van der Waals surface area contributed by atoms with E-state index in [0.29, 0.717) is 36.4 Å². The molecule has 172 valence electrons. The van der Waals surface area contributed by atoms with Gasteiger partial charge in [0.25, 0.3) is 10.1 Å². The minimum Gasteiger partial charge on any atom is -0.363 e. The molecule has 0 spiro atoms. The molecule has 0 heterocycles. The molecule has 0 aromatic rings. The van der Waals surface area contributed by atoms with Crippen molar-refractivity contribution in [2.45, 2.75) is 56.5 Å². The van der Waals surface area contributed by atoms with Gasteiger partial charge in [-0.25, -0.2) is 5.26 Å². The van der Waals surface area contributed by atoms with Gasteiger partial charge in [-0.3, -0.25) is 4.55 Å². The second-order valence-electron chi connectivity index (χ2n) is 7.44. The summed E-state index contributed by atoms with van der Waals surface area (Å²) >= 11 is 11.4. The molecule has 0 unspecified atom stereocenters. The Balaban J connectivity index is 3.78. The van der Waals surface area contributed by atoms with E-state index in [-0.39, 0.29) is 11.2 Å². The summed E-state index contributed by atoms with van der Waals surface area (Å²) < 4.78 is 34.6. The van der Waals surface area contributed by atoms with Crippen LogP contribution in [0.15, 0.2) is 0 Å². The summed E-state index contributed by atoms with van der Waals surface area (Å²) in [4.78, 5) is 0. The summed E-state index contributed by atoms with van der Waals surface area (Å²) in [6.45, 7) is 9.03. The molecule has 0 atom stereocenters. The molecule has 0 aliphatic carbocycles. The Morgan fingerprint density at radius 1 is 0.931 bits per heavy atom. The van der Waals surface area contributed by atoms with E-state index in [2.05, 4.69) is 30.6 Å². The highest BCUT2D eigenvalue weighted by Gasteiger charge is 2.31. The lowest BCUT2D eigenvalue weighted by Crippen LogP contribution is -2.41. The first kappa shape index (κ1) is 28.5. The zero-order valence-electron chi connectivity index (χ0n) is 17.1. The van der Waals surface area contributed by atoms with Crippen molar-refractivity contribution in [3.05, 3.63) is 0 Å². The average molecular weight is 493 g/mol. The third-order valence-electron chi connectivity index (χ3n) is 3.94. The van der Waals surface area contributed by atoms with Gasteiger partial charge in [0.05, 0.1) is 4.75 Å². The lowest BCUT2D eigenvalue weighted by molar-refractivity contribution is -0.432. The number of thiocarbonyl (C=S) groups is 2. The van der Waals surface area contributed by atoms with Gasteiger partial charge in [-0.1, -0.05) is 5.04 Å². The van der Waals surface area contributed by atoms with E-state index in [4.69, 9.17) is 34.2 Å². The molecule has 0 bridgehead atoms. The second kappa shape index (κ2) is 13.7. The van der Waals surface area contributed by atoms with Crippen LogP contribution in [0.25, 0.3) is 0 Å². The van der Waals surface area contributed by atoms with Gasteiger partial charge in [-0.2, -0.15) is 8.42 Å². The van der Waals surface area contributed by atoms with Crippen LogP contribution in [0.5, 0.6) is 0 Å². The summed E-state index contributed by atoms with van der Waals surface area (Å²) in [5, 5.41) is 24.9. The molecule has 0 radical (unpaired) electrons. The van der Waals surface area contributed by atoms with E-state index < -0.39 is 14.9 Å². The number of hydrogen-bond acceptors (Lipinski definition) is 8. The Bertz CT molecular complexity index is 616. The highest BCUT2D eigenvalue weighted by atomic mass is 32.2. The summed E-state index contributed by atoms with van der Waals surface area (Å²) in [5.41, 5.74) is 0. The van der Waals surface area contributed by atoms with E-state index in [1.165, 1.54) is 13.8 Å². The minimum atomic E-state index is -4.11.